The van der Waals surface area contributed by atoms with Gasteiger partial charge in [-0.1, -0.05) is 443 Å². The molecule has 28 rings (SSSR count). The first-order chi connectivity index (χ1) is 73.8. The Hall–Kier alpha value is -18.9. The molecule has 0 radical (unpaired) electrons. The highest BCUT2D eigenvalue weighted by atomic mass is 32.1. The molecule has 149 heavy (non-hydrogen) atoms. The summed E-state index contributed by atoms with van der Waals surface area (Å²) in [6.45, 7) is 0. The second-order valence-corrected chi connectivity index (χ2v) is 40.3. The van der Waals surface area contributed by atoms with Gasteiger partial charge in [0.25, 0.3) is 0 Å². The van der Waals surface area contributed by atoms with Gasteiger partial charge in [0.1, 0.15) is 0 Å². The van der Waals surface area contributed by atoms with Gasteiger partial charge in [0.2, 0.25) is 0 Å². The Balaban J connectivity index is 0.000000113. The molecule has 2 heterocycles. The van der Waals surface area contributed by atoms with Crippen molar-refractivity contribution in [2.45, 2.75) is 0 Å². The van der Waals surface area contributed by atoms with E-state index >= 15 is 0 Å². The fourth-order valence-corrected chi connectivity index (χ4v) is 23.8. The van der Waals surface area contributed by atoms with E-state index in [2.05, 4.69) is 603 Å². The molecule has 0 unspecified atom stereocenters. The van der Waals surface area contributed by atoms with Gasteiger partial charge >= 0.3 is 0 Å². The number of hydrogen-bond acceptors (Lipinski definition) is 5. The van der Waals surface area contributed by atoms with Gasteiger partial charge in [0, 0.05) is 75.5 Å². The molecule has 0 saturated carbocycles. The molecule has 0 fully saturated rings. The quantitative estimate of drug-likeness (QED) is 0.0626. The van der Waals surface area contributed by atoms with Gasteiger partial charge in [0.15, 0.2) is 0 Å². The van der Waals surface area contributed by atoms with Gasteiger partial charge in [-0.25, -0.2) is 0 Å². The van der Waals surface area contributed by atoms with Crippen LogP contribution in [0.2, 0.25) is 0 Å². The molecule has 0 aliphatic carbocycles. The first kappa shape index (κ1) is 90.2. The zero-order chi connectivity index (χ0) is 98.9. The fourth-order valence-electron chi connectivity index (χ4n) is 21.7. The van der Waals surface area contributed by atoms with Crippen LogP contribution in [0.4, 0.5) is 51.2 Å². The molecule has 0 saturated heterocycles. The van der Waals surface area contributed by atoms with Crippen molar-refractivity contribution in [3.05, 3.63) is 588 Å². The molecule has 5 heteroatoms. The maximum atomic E-state index is 2.45. The molecule has 28 aromatic rings. The second kappa shape index (κ2) is 40.0. The lowest BCUT2D eigenvalue weighted by Gasteiger charge is -2.29. The number of nitrogens with zero attached hydrogens (tertiary/aromatic N) is 3. The number of fused-ring (bicyclic) bond motifs is 13. The second-order valence-electron chi connectivity index (χ2n) is 38.1. The van der Waals surface area contributed by atoms with Crippen molar-refractivity contribution in [2.75, 3.05) is 14.7 Å². The molecular formula is C144H97N3S2. The predicted octanol–water partition coefficient (Wildman–Crippen LogP) is 42.1. The molecule has 26 aromatic carbocycles. The molecule has 0 aliphatic heterocycles. The van der Waals surface area contributed by atoms with Crippen molar-refractivity contribution in [1.82, 2.24) is 0 Å². The Morgan fingerprint density at radius 2 is 0.342 bits per heavy atom. The Kier molecular flexibility index (Phi) is 24.2. The number of rotatable bonds is 18. The molecule has 2 aromatic heterocycles. The third kappa shape index (κ3) is 17.9. The summed E-state index contributed by atoms with van der Waals surface area (Å²) >= 11 is 3.67. The van der Waals surface area contributed by atoms with Crippen LogP contribution in [-0.4, -0.2) is 0 Å². The molecule has 0 atom stereocenters. The summed E-state index contributed by atoms with van der Waals surface area (Å²) in [6, 6.07) is 214. The topological polar surface area (TPSA) is 9.72 Å². The van der Waals surface area contributed by atoms with Gasteiger partial charge in [-0.15, -0.1) is 22.7 Å². The summed E-state index contributed by atoms with van der Waals surface area (Å²) in [7, 11) is 0. The van der Waals surface area contributed by atoms with Crippen LogP contribution in [-0.2, 0) is 0 Å². The Labute approximate surface area is 875 Å². The molecule has 700 valence electrons. The van der Waals surface area contributed by atoms with E-state index in [-0.39, 0.29) is 0 Å². The van der Waals surface area contributed by atoms with E-state index in [4.69, 9.17) is 0 Å². The molecule has 3 nitrogen and oxygen atoms in total. The first-order valence-electron chi connectivity index (χ1n) is 50.9. The fraction of sp³-hybridized carbons (Fsp3) is 0. The smallest absolute Gasteiger partial charge is 0.0618 e. The van der Waals surface area contributed by atoms with Crippen LogP contribution in [0.25, 0.3) is 205 Å². The van der Waals surface area contributed by atoms with Crippen LogP contribution in [0.5, 0.6) is 0 Å². The lowest BCUT2D eigenvalue weighted by Crippen LogP contribution is -2.11. The summed E-state index contributed by atoms with van der Waals surface area (Å²) in [4.78, 5) is 12.3. The number of hydrogen-bond donors (Lipinski definition) is 0. The van der Waals surface area contributed by atoms with Crippen molar-refractivity contribution in [3.63, 3.8) is 0 Å². The monoisotopic (exact) mass is 1930 g/mol. The summed E-state index contributed by atoms with van der Waals surface area (Å²) in [5.41, 5.74) is 27.3. The Morgan fingerprint density at radius 1 is 0.114 bits per heavy atom. The zero-order valence-electron chi connectivity index (χ0n) is 81.7. The van der Waals surface area contributed by atoms with Crippen molar-refractivity contribution in [2.24, 2.45) is 0 Å². The van der Waals surface area contributed by atoms with Crippen LogP contribution in [0.1, 0.15) is 0 Å². The molecular weight excluding hydrogens is 1840 g/mol. The van der Waals surface area contributed by atoms with Gasteiger partial charge < -0.3 is 14.7 Å². The van der Waals surface area contributed by atoms with Crippen molar-refractivity contribution < 1.29 is 0 Å². The maximum absolute atomic E-state index is 2.45. The lowest BCUT2D eigenvalue weighted by atomic mass is 9.92. The van der Waals surface area contributed by atoms with Crippen LogP contribution in [0.3, 0.4) is 0 Å². The zero-order valence-corrected chi connectivity index (χ0v) is 83.3. The molecule has 0 amide bonds. The summed E-state index contributed by atoms with van der Waals surface area (Å²) in [6.07, 6.45) is 0. The summed E-state index contributed by atoms with van der Waals surface area (Å²) < 4.78 is 0. The SMILES string of the molecule is c1ccc(-c2ccc(N(c3ccc(-c4ccc(-c5ccccc5)s4)cc3)c3ccc(-c4ccc(-c5ccccc5)s4)cc3)cc2)cc1.c1ccc2c(N(c3ccc(-c4cc5ccccc5c5ccccc45)cc3)c3ccc(-c4cc5ccccc5c5ccccc45)cc3)c3ccccc3cc2c1.c1ccc2cc(-c3ccc(N(c4ccc(-c5ccc6ccccc6c5)cc4)c4cc5ccccc5c5ccccc45)cc3)ccc2c1. The van der Waals surface area contributed by atoms with Gasteiger partial charge in [0.05, 0.1) is 11.4 Å². The number of thiophene rings is 2. The predicted molar refractivity (Wildman–Crippen MR) is 643 cm³/mol. The Bertz CT molecular complexity index is 9330. The standard InChI is InChI=1S/C54H35N.C46H31N.C44H31NS2/c1-5-17-44-40(15-1)34-52(50-23-11-9-21-48(44)50)36-25-29-42(30-26-36)55(54-46-19-7-3-13-38(46)33-39-14-4-8-20-47(39)54)43-31-27-37(28-32-43)53-35-41-16-2-6-18-45(41)49-22-10-12-24-51(49)53;1-3-11-36-29-38(19-17-32(36)9-1)34-21-25-41(26-22-34)47(46-31-40-13-5-6-14-43(40)44-15-7-8-16-45(44)46)42-27-23-35(24-28-42)39-20-18-33-10-2-4-12-37(33)30-39;1-4-10-32(11-5-1)33-16-22-38(23-17-33)45(39-24-18-36(19-25-39)43-30-28-41(46-43)34-12-6-2-7-13-34)40-26-20-37(21-27-40)44-31-29-42(47-44)35-14-8-3-9-15-35/h1-35H;2*1-31H. The molecule has 0 N–H and O–H groups in total. The molecule has 0 spiro atoms. The molecule has 0 aliphatic rings. The van der Waals surface area contributed by atoms with E-state index < -0.39 is 0 Å². The first-order valence-corrected chi connectivity index (χ1v) is 52.6. The number of anilines is 9. The van der Waals surface area contributed by atoms with Crippen molar-refractivity contribution >= 4 is 182 Å². The third-order valence-electron chi connectivity index (χ3n) is 29.2. The highest BCUT2D eigenvalue weighted by Gasteiger charge is 2.25. The van der Waals surface area contributed by atoms with Gasteiger partial charge in [-0.3, -0.25) is 0 Å². The van der Waals surface area contributed by atoms with Crippen molar-refractivity contribution in [3.8, 4) is 97.4 Å². The van der Waals surface area contributed by atoms with Crippen LogP contribution in [0.15, 0.2) is 588 Å². The van der Waals surface area contributed by atoms with E-state index in [0.717, 1.165) is 45.5 Å². The normalized spacial score (nSPS) is 11.4. The van der Waals surface area contributed by atoms with E-state index in [0.29, 0.717) is 0 Å². The average Bonchev–Trinajstić information content (AvgIpc) is 1.54. The van der Waals surface area contributed by atoms with E-state index in [1.807, 2.05) is 22.7 Å². The van der Waals surface area contributed by atoms with E-state index in [1.165, 1.54) is 211 Å². The maximum Gasteiger partial charge on any atom is 0.0618 e. The highest BCUT2D eigenvalue weighted by Crippen LogP contribution is 2.50. The van der Waals surface area contributed by atoms with Gasteiger partial charge in [-0.2, -0.15) is 0 Å². The minimum atomic E-state index is 1.11. The minimum Gasteiger partial charge on any atom is -0.311 e. The molecule has 0 bridgehead atoms. The van der Waals surface area contributed by atoms with E-state index in [9.17, 15) is 0 Å². The van der Waals surface area contributed by atoms with Crippen LogP contribution in [0, 0.1) is 0 Å². The average molecular weight is 1930 g/mol. The van der Waals surface area contributed by atoms with Crippen LogP contribution < -0.4 is 14.7 Å². The highest BCUT2D eigenvalue weighted by molar-refractivity contribution is 7.19. The van der Waals surface area contributed by atoms with Crippen molar-refractivity contribution in [1.29, 1.82) is 0 Å². The van der Waals surface area contributed by atoms with E-state index in [1.54, 1.807) is 0 Å². The largest absolute Gasteiger partial charge is 0.311 e. The van der Waals surface area contributed by atoms with Gasteiger partial charge in [-0.05, 0) is 315 Å². The van der Waals surface area contributed by atoms with Crippen LogP contribution >= 0.6 is 22.7 Å². The Morgan fingerprint density at radius 3 is 0.705 bits per heavy atom. The lowest BCUT2D eigenvalue weighted by molar-refractivity contribution is 1.28. The third-order valence-corrected chi connectivity index (χ3v) is 31.5. The number of benzene rings is 26. The summed E-state index contributed by atoms with van der Waals surface area (Å²) in [5, 5.41) is 25.1. The summed E-state index contributed by atoms with van der Waals surface area (Å²) in [5.74, 6) is 0. The minimum absolute atomic E-state index is 1.11.